The summed E-state index contributed by atoms with van der Waals surface area (Å²) in [6.07, 6.45) is 2.37. The quantitative estimate of drug-likeness (QED) is 0.772. The van der Waals surface area contributed by atoms with Crippen LogP contribution in [-0.4, -0.2) is 37.6 Å². The summed E-state index contributed by atoms with van der Waals surface area (Å²) in [5.74, 6) is 0.334. The van der Waals surface area contributed by atoms with Crippen molar-refractivity contribution in [2.75, 3.05) is 12.8 Å². The monoisotopic (exact) mass is 271 g/mol. The van der Waals surface area contributed by atoms with Crippen molar-refractivity contribution < 1.29 is 17.8 Å². The molecule has 2 N–H and O–H groups in total. The first-order valence-corrected chi connectivity index (χ1v) is 7.41. The molecule has 1 aliphatic rings. The van der Waals surface area contributed by atoms with Crippen molar-refractivity contribution in [2.45, 2.75) is 18.9 Å². The Labute approximate surface area is 107 Å². The van der Waals surface area contributed by atoms with Crippen molar-refractivity contribution in [3.63, 3.8) is 0 Å². The molecule has 1 heterocycles. The highest BCUT2D eigenvalue weighted by atomic mass is 32.2. The molecule has 0 radical (unpaired) electrons. The van der Waals surface area contributed by atoms with Crippen molar-refractivity contribution in [3.8, 4) is 0 Å². The Morgan fingerprint density at radius 3 is 2.33 bits per heavy atom. The van der Waals surface area contributed by atoms with E-state index in [0.717, 1.165) is 6.42 Å². The highest BCUT2D eigenvalue weighted by Gasteiger charge is 2.20. The SMILES string of the molecule is CS(=O)(=O)O.O=C1CNC(Cc2ccccc2)C1. The fraction of sp³-hybridized carbons (Fsp3) is 0.417. The van der Waals surface area contributed by atoms with Crippen LogP contribution in [0.15, 0.2) is 30.3 Å². The number of carbonyl (C=O) groups excluding carboxylic acids is 1. The minimum atomic E-state index is -3.67. The van der Waals surface area contributed by atoms with Gasteiger partial charge in [0, 0.05) is 12.5 Å². The normalized spacial score (nSPS) is 19.2. The molecule has 0 spiro atoms. The summed E-state index contributed by atoms with van der Waals surface area (Å²) in [6, 6.07) is 10.6. The van der Waals surface area contributed by atoms with Crippen molar-refractivity contribution in [3.05, 3.63) is 35.9 Å². The van der Waals surface area contributed by atoms with E-state index in [1.54, 1.807) is 0 Å². The molecule has 2 rings (SSSR count). The molecular formula is C12H17NO4S. The summed E-state index contributed by atoms with van der Waals surface area (Å²) < 4.78 is 25.9. The van der Waals surface area contributed by atoms with E-state index < -0.39 is 10.1 Å². The van der Waals surface area contributed by atoms with E-state index >= 15 is 0 Å². The second kappa shape index (κ2) is 6.63. The lowest BCUT2D eigenvalue weighted by Gasteiger charge is -2.08. The predicted octanol–water partition coefficient (Wildman–Crippen LogP) is 0.664. The van der Waals surface area contributed by atoms with E-state index in [1.807, 2.05) is 18.2 Å². The molecule has 100 valence electrons. The van der Waals surface area contributed by atoms with Gasteiger partial charge >= 0.3 is 0 Å². The van der Waals surface area contributed by atoms with E-state index in [9.17, 15) is 13.2 Å². The third kappa shape index (κ3) is 7.16. The molecule has 1 fully saturated rings. The van der Waals surface area contributed by atoms with Crippen LogP contribution in [0.1, 0.15) is 12.0 Å². The van der Waals surface area contributed by atoms with Gasteiger partial charge < -0.3 is 5.32 Å². The summed E-state index contributed by atoms with van der Waals surface area (Å²) in [5.41, 5.74) is 1.30. The Morgan fingerprint density at radius 1 is 1.33 bits per heavy atom. The average molecular weight is 271 g/mol. The van der Waals surface area contributed by atoms with Crippen LogP contribution in [0, 0.1) is 0 Å². The van der Waals surface area contributed by atoms with Crippen LogP contribution >= 0.6 is 0 Å². The van der Waals surface area contributed by atoms with Gasteiger partial charge in [0.1, 0.15) is 5.78 Å². The number of benzene rings is 1. The van der Waals surface area contributed by atoms with Gasteiger partial charge in [0.2, 0.25) is 0 Å². The van der Waals surface area contributed by atoms with E-state index in [4.69, 9.17) is 4.55 Å². The standard InChI is InChI=1S/C11H13NO.CH4O3S/c13-11-7-10(12-8-11)6-9-4-2-1-3-5-9;1-5(2,3)4/h1-5,10,12H,6-8H2;1H3,(H,2,3,4). The van der Waals surface area contributed by atoms with Crippen LogP contribution < -0.4 is 5.32 Å². The van der Waals surface area contributed by atoms with E-state index in [0.29, 0.717) is 31.0 Å². The van der Waals surface area contributed by atoms with Gasteiger partial charge in [-0.15, -0.1) is 0 Å². The topological polar surface area (TPSA) is 83.5 Å². The Balaban J connectivity index is 0.000000280. The Kier molecular flexibility index (Phi) is 5.46. The van der Waals surface area contributed by atoms with Crippen molar-refractivity contribution >= 4 is 15.9 Å². The summed E-state index contributed by atoms with van der Waals surface area (Å²) in [5, 5.41) is 3.21. The van der Waals surface area contributed by atoms with E-state index in [2.05, 4.69) is 17.4 Å². The van der Waals surface area contributed by atoms with Crippen LogP contribution in [0.3, 0.4) is 0 Å². The fourth-order valence-electron chi connectivity index (χ4n) is 1.72. The highest BCUT2D eigenvalue weighted by Crippen LogP contribution is 2.09. The van der Waals surface area contributed by atoms with Crippen LogP contribution in [0.25, 0.3) is 0 Å². The minimum absolute atomic E-state index is 0.334. The predicted molar refractivity (Wildman–Crippen MR) is 69.0 cm³/mol. The summed E-state index contributed by atoms with van der Waals surface area (Å²) in [4.78, 5) is 11.0. The number of rotatable bonds is 2. The zero-order valence-corrected chi connectivity index (χ0v) is 11.0. The Hall–Kier alpha value is -1.24. The van der Waals surface area contributed by atoms with E-state index in [-0.39, 0.29) is 0 Å². The minimum Gasteiger partial charge on any atom is -0.306 e. The second-order valence-electron chi connectivity index (χ2n) is 4.24. The van der Waals surface area contributed by atoms with Gasteiger partial charge in [-0.05, 0) is 12.0 Å². The average Bonchev–Trinajstić information content (AvgIpc) is 2.63. The van der Waals surface area contributed by atoms with Gasteiger partial charge in [-0.1, -0.05) is 30.3 Å². The molecule has 5 nitrogen and oxygen atoms in total. The second-order valence-corrected chi connectivity index (χ2v) is 5.71. The smallest absolute Gasteiger partial charge is 0.261 e. The molecular weight excluding hydrogens is 254 g/mol. The van der Waals surface area contributed by atoms with Gasteiger partial charge in [0.05, 0.1) is 12.8 Å². The summed E-state index contributed by atoms with van der Waals surface area (Å²) in [7, 11) is -3.67. The molecule has 18 heavy (non-hydrogen) atoms. The first-order chi connectivity index (χ1) is 8.34. The van der Waals surface area contributed by atoms with Crippen LogP contribution in [0.2, 0.25) is 0 Å². The molecule has 1 saturated heterocycles. The number of ketones is 1. The Bertz CT molecular complexity index is 476. The summed E-state index contributed by atoms with van der Waals surface area (Å²) in [6.45, 7) is 0.553. The number of hydrogen-bond acceptors (Lipinski definition) is 4. The lowest BCUT2D eigenvalue weighted by atomic mass is 10.0. The number of hydrogen-bond donors (Lipinski definition) is 2. The van der Waals surface area contributed by atoms with Crippen LogP contribution in [0.5, 0.6) is 0 Å². The van der Waals surface area contributed by atoms with Gasteiger partial charge in [0.15, 0.2) is 0 Å². The molecule has 0 aliphatic carbocycles. The summed E-state index contributed by atoms with van der Waals surface area (Å²) >= 11 is 0. The third-order valence-electron chi connectivity index (χ3n) is 2.39. The van der Waals surface area contributed by atoms with Gasteiger partial charge in [0.25, 0.3) is 10.1 Å². The maximum Gasteiger partial charge on any atom is 0.261 e. The maximum absolute atomic E-state index is 11.0. The zero-order valence-electron chi connectivity index (χ0n) is 10.2. The molecule has 1 atom stereocenters. The molecule has 1 aromatic carbocycles. The van der Waals surface area contributed by atoms with Gasteiger partial charge in [-0.2, -0.15) is 8.42 Å². The van der Waals surface area contributed by atoms with Gasteiger partial charge in [-0.3, -0.25) is 9.35 Å². The molecule has 0 bridgehead atoms. The van der Waals surface area contributed by atoms with Crippen molar-refractivity contribution in [1.29, 1.82) is 0 Å². The molecule has 0 amide bonds. The zero-order chi connectivity index (χ0) is 13.6. The van der Waals surface area contributed by atoms with Crippen LogP contribution in [-0.2, 0) is 21.3 Å². The van der Waals surface area contributed by atoms with Crippen molar-refractivity contribution in [1.82, 2.24) is 5.32 Å². The fourth-order valence-corrected chi connectivity index (χ4v) is 1.72. The largest absolute Gasteiger partial charge is 0.306 e. The first-order valence-electron chi connectivity index (χ1n) is 5.56. The highest BCUT2D eigenvalue weighted by molar-refractivity contribution is 7.85. The molecule has 1 aromatic rings. The molecule has 0 saturated carbocycles. The number of carbonyl (C=O) groups is 1. The Morgan fingerprint density at radius 2 is 1.89 bits per heavy atom. The number of Topliss-reactive ketones (excluding diaryl/α,β-unsaturated/α-hetero) is 1. The van der Waals surface area contributed by atoms with Gasteiger partial charge in [-0.25, -0.2) is 0 Å². The molecule has 0 aromatic heterocycles. The first kappa shape index (κ1) is 14.8. The molecule has 1 aliphatic heterocycles. The lowest BCUT2D eigenvalue weighted by molar-refractivity contribution is -0.116. The molecule has 1 unspecified atom stereocenters. The maximum atomic E-state index is 11.0. The number of nitrogens with one attached hydrogen (secondary N) is 1. The van der Waals surface area contributed by atoms with Crippen LogP contribution in [0.4, 0.5) is 0 Å². The van der Waals surface area contributed by atoms with Crippen molar-refractivity contribution in [2.24, 2.45) is 0 Å². The third-order valence-corrected chi connectivity index (χ3v) is 2.39. The van der Waals surface area contributed by atoms with E-state index in [1.165, 1.54) is 5.56 Å². The lowest BCUT2D eigenvalue weighted by Crippen LogP contribution is -2.23. The molecule has 6 heteroatoms.